The zero-order chi connectivity index (χ0) is 94.1. The molecule has 0 aliphatic carbocycles. The molecule has 0 radical (unpaired) electrons. The Morgan fingerprint density at radius 1 is 0.250 bits per heavy atom. The van der Waals surface area contributed by atoms with Crippen LogP contribution in [-0.2, 0) is 59.6 Å². The number of benzene rings is 12. The van der Waals surface area contributed by atoms with Gasteiger partial charge in [0.15, 0.2) is 0 Å². The normalized spacial score (nSPS) is 14.9. The van der Waals surface area contributed by atoms with Crippen LogP contribution in [0, 0.1) is 0 Å². The molecular weight excluding hydrogens is 1450 g/mol. The maximum absolute atomic E-state index is 10.1. The van der Waals surface area contributed by atoms with Crippen LogP contribution in [0.5, 0.6) is 0 Å². The number of anilines is 6. The molecule has 2 aliphatic rings. The summed E-state index contributed by atoms with van der Waals surface area (Å²) in [5.41, 5.74) is 30.1. The van der Waals surface area contributed by atoms with E-state index in [0.717, 1.165) is 112 Å². The number of hydrogen-bond donors (Lipinski definition) is 0. The lowest BCUT2D eigenvalue weighted by molar-refractivity contribution is 0.569. The molecule has 0 unspecified atom stereocenters. The first-order chi connectivity index (χ1) is 58.8. The highest BCUT2D eigenvalue weighted by atomic mass is 15.2. The number of fused-ring (bicyclic) bond motifs is 7. The minimum atomic E-state index is -0.541. The van der Waals surface area contributed by atoms with Crippen LogP contribution in [0.25, 0.3) is 83.1 Å². The van der Waals surface area contributed by atoms with E-state index in [1.165, 1.54) is 55.6 Å². The van der Waals surface area contributed by atoms with E-state index in [2.05, 4.69) is 408 Å². The summed E-state index contributed by atoms with van der Waals surface area (Å²) in [6.07, 6.45) is 0. The fourth-order valence-electron chi connectivity index (χ4n) is 18.5. The van der Waals surface area contributed by atoms with Crippen LogP contribution in [0.1, 0.15) is 301 Å². The summed E-state index contributed by atoms with van der Waals surface area (Å²) < 4.78 is 79.3. The highest BCUT2D eigenvalue weighted by Gasteiger charge is 2.48. The first-order valence-electron chi connectivity index (χ1n) is 47.9. The van der Waals surface area contributed by atoms with E-state index in [1.54, 1.807) is 4.57 Å². The van der Waals surface area contributed by atoms with Crippen LogP contribution in [0.2, 0.25) is 0 Å². The molecule has 618 valence electrons. The van der Waals surface area contributed by atoms with E-state index >= 15 is 0 Å². The molecule has 0 fully saturated rings. The quantitative estimate of drug-likeness (QED) is 0.141. The van der Waals surface area contributed by atoms with Gasteiger partial charge < -0.3 is 14.4 Å². The summed E-state index contributed by atoms with van der Waals surface area (Å²) >= 11 is 0. The molecule has 0 amide bonds. The Bertz CT molecular complexity index is 6540. The van der Waals surface area contributed by atoms with Crippen LogP contribution in [0.4, 0.5) is 34.1 Å². The van der Waals surface area contributed by atoms with E-state index in [9.17, 15) is 11.0 Å². The Kier molecular flexibility index (Phi) is 18.1. The van der Waals surface area contributed by atoms with Crippen molar-refractivity contribution >= 4 is 79.0 Å². The third-order valence-electron chi connectivity index (χ3n) is 25.6. The first-order valence-corrected chi connectivity index (χ1v) is 43.9. The molecular formula is C116H136BN3. The lowest BCUT2D eigenvalue weighted by Gasteiger charge is -2.47. The first kappa shape index (κ1) is 75.1. The fourth-order valence-corrected chi connectivity index (χ4v) is 18.5. The summed E-state index contributed by atoms with van der Waals surface area (Å²) in [7, 11) is 0. The van der Waals surface area contributed by atoms with Crippen molar-refractivity contribution in [3.05, 3.63) is 285 Å². The second-order valence-corrected chi connectivity index (χ2v) is 46.3. The van der Waals surface area contributed by atoms with Crippen molar-refractivity contribution in [3.63, 3.8) is 0 Å². The summed E-state index contributed by atoms with van der Waals surface area (Å²) in [5, 5.41) is 0.0386. The van der Waals surface area contributed by atoms with Gasteiger partial charge in [0.1, 0.15) is 0 Å². The van der Waals surface area contributed by atoms with E-state index in [0.29, 0.717) is 5.69 Å². The molecule has 0 saturated heterocycles. The molecule has 13 aromatic rings. The summed E-state index contributed by atoms with van der Waals surface area (Å²) in [5.74, 6) is 0. The van der Waals surface area contributed by atoms with E-state index in [1.807, 2.05) is 6.07 Å². The topological polar surface area (TPSA) is 11.4 Å². The van der Waals surface area contributed by atoms with Crippen molar-refractivity contribution in [1.29, 1.82) is 0 Å². The van der Waals surface area contributed by atoms with Gasteiger partial charge in [0, 0.05) is 61.5 Å². The number of aromatic nitrogens is 1. The van der Waals surface area contributed by atoms with Crippen molar-refractivity contribution in [2.75, 3.05) is 9.80 Å². The van der Waals surface area contributed by atoms with Crippen LogP contribution in [-0.4, -0.2) is 11.3 Å². The van der Waals surface area contributed by atoms with Crippen molar-refractivity contribution in [2.24, 2.45) is 0 Å². The van der Waals surface area contributed by atoms with Gasteiger partial charge in [-0.05, 0) is 237 Å². The molecule has 3 nitrogen and oxygen atoms in total. The van der Waals surface area contributed by atoms with Gasteiger partial charge in [-0.25, -0.2) is 0 Å². The number of nitrogens with zero attached hydrogens (tertiary/aromatic N) is 3. The zero-order valence-corrected chi connectivity index (χ0v) is 78.7. The van der Waals surface area contributed by atoms with Gasteiger partial charge in [0.25, 0.3) is 6.71 Å². The van der Waals surface area contributed by atoms with Gasteiger partial charge in [-0.2, -0.15) is 0 Å². The molecule has 12 aromatic carbocycles. The van der Waals surface area contributed by atoms with Crippen molar-refractivity contribution in [3.8, 4) is 61.3 Å². The Hall–Kier alpha value is -9.90. The average Bonchev–Trinajstić information content (AvgIpc) is 0.747. The molecule has 3 heterocycles. The predicted octanol–water partition coefficient (Wildman–Crippen LogP) is 31.5. The molecule has 2 aliphatic heterocycles. The third kappa shape index (κ3) is 15.4. The standard InChI is InChI=1S/C116H136BN3/c1-106(2,3)75-53-48-71(49-54-75)85-64-79(110(13,14)15)66-87(101-89(113(22,23)24)42-38-43-90(101)114(25,26)27)104(85)119-97-62-73(74-60-77(108(7,8)9)63-78(61-74)109(10,11)12)52-58-93(97)117-94-59-57-82(118-95-46-36-34-40-83(95)84-41-35-37-47-96(84)118)70-98(94)120(100-69-81(112(19,20)21)68-99(119)103(100)117)105-86(72-50-55-76(56-51-72)107(4,5)6)65-80(111(16,17)18)67-88(105)102-91(115(28,29)30)44-39-45-92(102)116(31,32)33/h34-70H,1-33H3/i34D,35D,36D,37D,40D,41D,46D,47D. The molecule has 4 heteroatoms. The highest BCUT2D eigenvalue weighted by Crippen LogP contribution is 2.59. The van der Waals surface area contributed by atoms with E-state index < -0.39 is 52.5 Å². The van der Waals surface area contributed by atoms with Gasteiger partial charge in [0.2, 0.25) is 0 Å². The average molecular weight is 1590 g/mol. The molecule has 0 atom stereocenters. The second-order valence-electron chi connectivity index (χ2n) is 46.3. The van der Waals surface area contributed by atoms with Gasteiger partial charge in [-0.3, -0.25) is 0 Å². The van der Waals surface area contributed by atoms with Gasteiger partial charge in [-0.15, -0.1) is 0 Å². The Morgan fingerprint density at radius 3 is 0.908 bits per heavy atom. The molecule has 1 aromatic heterocycles. The van der Waals surface area contributed by atoms with Crippen LogP contribution >= 0.6 is 0 Å². The third-order valence-corrected chi connectivity index (χ3v) is 25.6. The molecule has 0 bridgehead atoms. The van der Waals surface area contributed by atoms with E-state index in [4.69, 9.17) is 0 Å². The largest absolute Gasteiger partial charge is 0.310 e. The molecule has 0 saturated carbocycles. The fraction of sp³-hybridized carbons (Fsp3) is 0.379. The second kappa shape index (κ2) is 28.9. The molecule has 0 N–H and O–H groups in total. The maximum Gasteiger partial charge on any atom is 0.252 e. The summed E-state index contributed by atoms with van der Waals surface area (Å²) in [6, 6.07) is 65.5. The van der Waals surface area contributed by atoms with Gasteiger partial charge >= 0.3 is 0 Å². The molecule has 15 rings (SSSR count). The van der Waals surface area contributed by atoms with Crippen molar-refractivity contribution in [2.45, 2.75) is 288 Å². The summed E-state index contributed by atoms with van der Waals surface area (Å²) in [4.78, 5) is 5.33. The van der Waals surface area contributed by atoms with Crippen LogP contribution in [0.15, 0.2) is 224 Å². The smallest absolute Gasteiger partial charge is 0.252 e. The SMILES string of the molecule is [2H]c1c([2H])c([2H])c2c(c1[2H])c1c([2H])c([2H])c([2H])c([2H])c1n2-c1ccc2c(c1)N(c1c(-c3ccc(C(C)(C)C)cc3)cc(C(C)(C)C)cc1-c1c(C(C)(C)C)cccc1C(C)(C)C)c1cc(C(C)(C)C)cc3c1B2c1ccc(-c2cc(C(C)(C)C)cc(C(C)(C)C)c2)cc1N3c1c(-c2ccc(C(C)(C)C)cc2)cc(C(C)(C)C)cc1-c1c(C(C)(C)C)cccc1C(C)(C)C. The van der Waals surface area contributed by atoms with E-state index in [-0.39, 0.29) is 83.9 Å². The minimum Gasteiger partial charge on any atom is -0.310 e. The monoisotopic (exact) mass is 1590 g/mol. The van der Waals surface area contributed by atoms with Gasteiger partial charge in [-0.1, -0.05) is 386 Å². The number of hydrogen-bond acceptors (Lipinski definition) is 2. The lowest BCUT2D eigenvalue weighted by atomic mass is 9.33. The molecule has 120 heavy (non-hydrogen) atoms. The van der Waals surface area contributed by atoms with Crippen LogP contribution in [0.3, 0.4) is 0 Å². The van der Waals surface area contributed by atoms with Crippen molar-refractivity contribution < 1.29 is 11.0 Å². The number of rotatable bonds is 8. The summed E-state index contributed by atoms with van der Waals surface area (Å²) in [6.45, 7) is 76.5. The van der Waals surface area contributed by atoms with Crippen LogP contribution < -0.4 is 26.2 Å². The Balaban J connectivity index is 1.26. The van der Waals surface area contributed by atoms with Crippen molar-refractivity contribution in [1.82, 2.24) is 4.57 Å². The minimum absolute atomic E-state index is 0.0193. The lowest BCUT2D eigenvalue weighted by Crippen LogP contribution is -2.61. The maximum atomic E-state index is 10.1. The predicted molar refractivity (Wildman–Crippen MR) is 528 cm³/mol. The Labute approximate surface area is 734 Å². The zero-order valence-electron chi connectivity index (χ0n) is 86.7. The number of para-hydroxylation sites is 2. The Morgan fingerprint density at radius 2 is 0.558 bits per heavy atom. The van der Waals surface area contributed by atoms with Gasteiger partial charge in [0.05, 0.1) is 33.4 Å². The highest BCUT2D eigenvalue weighted by molar-refractivity contribution is 7.00. The molecule has 0 spiro atoms.